The van der Waals surface area contributed by atoms with Crippen LogP contribution in [-0.4, -0.2) is 31.6 Å². The van der Waals surface area contributed by atoms with Crippen molar-refractivity contribution >= 4 is 39.1 Å². The van der Waals surface area contributed by atoms with Crippen molar-refractivity contribution in [3.05, 3.63) is 28.0 Å². The summed E-state index contributed by atoms with van der Waals surface area (Å²) in [4.78, 5) is 15.4. The van der Waals surface area contributed by atoms with Gasteiger partial charge in [0.1, 0.15) is 10.3 Å². The van der Waals surface area contributed by atoms with Crippen LogP contribution in [0.3, 0.4) is 0 Å². The molecule has 6 nitrogen and oxygen atoms in total. The van der Waals surface area contributed by atoms with Gasteiger partial charge in [0.05, 0.1) is 11.3 Å². The fourth-order valence-electron chi connectivity index (χ4n) is 1.15. The molecule has 0 aliphatic carbocycles. The number of aromatic nitrogens is 1. The number of halogens is 2. The van der Waals surface area contributed by atoms with Gasteiger partial charge in [-0.3, -0.25) is 4.79 Å². The van der Waals surface area contributed by atoms with E-state index in [1.165, 1.54) is 12.1 Å². The number of carbonyl (C=O) groups is 1. The van der Waals surface area contributed by atoms with Gasteiger partial charge in [-0.2, -0.15) is 0 Å². The first-order chi connectivity index (χ1) is 8.29. The minimum absolute atomic E-state index is 0.00792. The molecule has 0 unspecified atom stereocenters. The molecule has 0 aromatic carbocycles. The molecule has 0 spiro atoms. The highest BCUT2D eigenvalue weighted by molar-refractivity contribution is 7.89. The Kier molecular flexibility index (Phi) is 5.33. The van der Waals surface area contributed by atoms with Crippen molar-refractivity contribution in [1.29, 1.82) is 0 Å². The van der Waals surface area contributed by atoms with Gasteiger partial charge in [0.25, 0.3) is 5.91 Å². The lowest BCUT2D eigenvalue weighted by atomic mass is 10.2. The van der Waals surface area contributed by atoms with E-state index in [9.17, 15) is 13.2 Å². The maximum absolute atomic E-state index is 11.6. The van der Waals surface area contributed by atoms with E-state index >= 15 is 0 Å². The molecule has 18 heavy (non-hydrogen) atoms. The Morgan fingerprint density at radius 2 is 2.06 bits per heavy atom. The minimum Gasteiger partial charge on any atom is -0.352 e. The molecule has 9 heteroatoms. The molecular weight excluding hydrogens is 301 g/mol. The van der Waals surface area contributed by atoms with Crippen molar-refractivity contribution in [2.75, 3.05) is 12.3 Å². The lowest BCUT2D eigenvalue weighted by Crippen LogP contribution is -2.27. The Morgan fingerprint density at radius 3 is 2.61 bits per heavy atom. The van der Waals surface area contributed by atoms with E-state index in [-0.39, 0.29) is 34.6 Å². The second kappa shape index (κ2) is 6.33. The maximum Gasteiger partial charge on any atom is 0.254 e. The summed E-state index contributed by atoms with van der Waals surface area (Å²) < 4.78 is 21.3. The van der Waals surface area contributed by atoms with Crippen LogP contribution in [0.4, 0.5) is 0 Å². The predicted octanol–water partition coefficient (Wildman–Crippen LogP) is 0.797. The number of rotatable bonds is 5. The Hall–Kier alpha value is -0.890. The van der Waals surface area contributed by atoms with E-state index < -0.39 is 15.9 Å². The average molecular weight is 312 g/mol. The molecule has 1 aromatic rings. The van der Waals surface area contributed by atoms with Crippen LogP contribution in [0, 0.1) is 0 Å². The fourth-order valence-corrected chi connectivity index (χ4v) is 2.13. The molecule has 0 aliphatic rings. The van der Waals surface area contributed by atoms with Crippen LogP contribution in [0.15, 0.2) is 12.1 Å². The van der Waals surface area contributed by atoms with E-state index in [0.29, 0.717) is 0 Å². The third-order valence-electron chi connectivity index (χ3n) is 1.95. The van der Waals surface area contributed by atoms with Crippen molar-refractivity contribution in [3.63, 3.8) is 0 Å². The molecule has 1 rings (SSSR count). The zero-order valence-electron chi connectivity index (χ0n) is 9.19. The number of pyridine rings is 1. The normalized spacial score (nSPS) is 11.3. The topological polar surface area (TPSA) is 102 Å². The first kappa shape index (κ1) is 15.2. The van der Waals surface area contributed by atoms with Gasteiger partial charge in [0, 0.05) is 6.54 Å². The number of amides is 1. The van der Waals surface area contributed by atoms with Crippen molar-refractivity contribution in [2.24, 2.45) is 5.14 Å². The number of sulfonamides is 1. The number of hydrogen-bond acceptors (Lipinski definition) is 4. The third kappa shape index (κ3) is 5.18. The number of primary sulfonamides is 1. The zero-order valence-corrected chi connectivity index (χ0v) is 11.5. The van der Waals surface area contributed by atoms with Crippen LogP contribution < -0.4 is 10.5 Å². The molecule has 1 heterocycles. The predicted molar refractivity (Wildman–Crippen MR) is 69.2 cm³/mol. The molecule has 0 radical (unpaired) electrons. The van der Waals surface area contributed by atoms with Crippen molar-refractivity contribution in [1.82, 2.24) is 10.3 Å². The summed E-state index contributed by atoms with van der Waals surface area (Å²) in [6.07, 6.45) is 0.225. The highest BCUT2D eigenvalue weighted by atomic mass is 35.5. The second-order valence-corrected chi connectivity index (χ2v) is 5.93. The van der Waals surface area contributed by atoms with E-state index in [4.69, 9.17) is 28.3 Å². The van der Waals surface area contributed by atoms with E-state index in [1.807, 2.05) is 0 Å². The van der Waals surface area contributed by atoms with Gasteiger partial charge >= 0.3 is 0 Å². The number of carbonyl (C=O) groups excluding carboxylic acids is 1. The maximum atomic E-state index is 11.6. The van der Waals surface area contributed by atoms with Crippen LogP contribution in [0.25, 0.3) is 0 Å². The monoisotopic (exact) mass is 311 g/mol. The highest BCUT2D eigenvalue weighted by Crippen LogP contribution is 2.16. The average Bonchev–Trinajstić information content (AvgIpc) is 2.22. The smallest absolute Gasteiger partial charge is 0.254 e. The molecule has 0 fully saturated rings. The zero-order chi connectivity index (χ0) is 13.8. The van der Waals surface area contributed by atoms with E-state index in [0.717, 1.165) is 0 Å². The van der Waals surface area contributed by atoms with Gasteiger partial charge in [-0.15, -0.1) is 0 Å². The van der Waals surface area contributed by atoms with Crippen molar-refractivity contribution < 1.29 is 13.2 Å². The van der Waals surface area contributed by atoms with E-state index in [1.54, 1.807) is 0 Å². The highest BCUT2D eigenvalue weighted by Gasteiger charge is 2.11. The Balaban J connectivity index is 2.51. The Labute approximate surface area is 115 Å². The summed E-state index contributed by atoms with van der Waals surface area (Å²) in [5, 5.41) is 7.50. The second-order valence-electron chi connectivity index (χ2n) is 3.45. The Bertz CT molecular complexity index is 548. The molecule has 0 saturated heterocycles. The van der Waals surface area contributed by atoms with Gasteiger partial charge in [-0.25, -0.2) is 18.5 Å². The summed E-state index contributed by atoms with van der Waals surface area (Å²) in [5.41, 5.74) is 0.177. The molecule has 1 aromatic heterocycles. The lowest BCUT2D eigenvalue weighted by molar-refractivity contribution is 0.0953. The number of nitrogens with one attached hydrogen (secondary N) is 1. The number of nitrogens with zero attached hydrogens (tertiary/aromatic N) is 1. The van der Waals surface area contributed by atoms with Crippen LogP contribution in [0.1, 0.15) is 16.8 Å². The van der Waals surface area contributed by atoms with Crippen LogP contribution in [0.5, 0.6) is 0 Å². The van der Waals surface area contributed by atoms with Gasteiger partial charge in [0.2, 0.25) is 10.0 Å². The van der Waals surface area contributed by atoms with Crippen molar-refractivity contribution in [2.45, 2.75) is 6.42 Å². The molecule has 1 amide bonds. The number of hydrogen-bond donors (Lipinski definition) is 2. The van der Waals surface area contributed by atoms with Gasteiger partial charge < -0.3 is 5.32 Å². The molecule has 0 bridgehead atoms. The first-order valence-electron chi connectivity index (χ1n) is 4.90. The molecule has 3 N–H and O–H groups in total. The third-order valence-corrected chi connectivity index (χ3v) is 3.31. The molecule has 0 aliphatic heterocycles. The molecular formula is C9H11Cl2N3O3S. The van der Waals surface area contributed by atoms with Crippen molar-refractivity contribution in [3.8, 4) is 0 Å². The number of nitrogens with two attached hydrogens (primary N) is 1. The van der Waals surface area contributed by atoms with Crippen LogP contribution >= 0.6 is 23.2 Å². The standard InChI is InChI=1S/C9H11Cl2N3O3S/c10-7-3-2-6(8(11)14-7)9(15)13-4-1-5-18(12,16)17/h2-3H,1,4-5H2,(H,13,15)(H2,12,16,17). The van der Waals surface area contributed by atoms with Gasteiger partial charge in [0.15, 0.2) is 0 Å². The molecule has 0 atom stereocenters. The molecule has 100 valence electrons. The summed E-state index contributed by atoms with van der Waals surface area (Å²) in [5.74, 6) is -0.640. The Morgan fingerprint density at radius 1 is 1.39 bits per heavy atom. The van der Waals surface area contributed by atoms with E-state index in [2.05, 4.69) is 10.3 Å². The van der Waals surface area contributed by atoms with Gasteiger partial charge in [-0.05, 0) is 18.6 Å². The largest absolute Gasteiger partial charge is 0.352 e. The summed E-state index contributed by atoms with van der Waals surface area (Å²) >= 11 is 11.3. The summed E-state index contributed by atoms with van der Waals surface area (Å²) in [6.45, 7) is 0.175. The lowest BCUT2D eigenvalue weighted by Gasteiger charge is -2.05. The molecule has 0 saturated carbocycles. The fraction of sp³-hybridized carbons (Fsp3) is 0.333. The SMILES string of the molecule is NS(=O)(=O)CCCNC(=O)c1ccc(Cl)nc1Cl. The first-order valence-corrected chi connectivity index (χ1v) is 7.37. The quantitative estimate of drug-likeness (QED) is 0.620. The van der Waals surface area contributed by atoms with Gasteiger partial charge in [-0.1, -0.05) is 23.2 Å². The van der Waals surface area contributed by atoms with Crippen LogP contribution in [0.2, 0.25) is 10.3 Å². The summed E-state index contributed by atoms with van der Waals surface area (Å²) in [6, 6.07) is 2.87. The minimum atomic E-state index is -3.51. The summed E-state index contributed by atoms with van der Waals surface area (Å²) in [7, 11) is -3.51. The van der Waals surface area contributed by atoms with Crippen LogP contribution in [-0.2, 0) is 10.0 Å².